The van der Waals surface area contributed by atoms with Crippen LogP contribution in [-0.2, 0) is 9.84 Å². The van der Waals surface area contributed by atoms with Gasteiger partial charge in [0, 0.05) is 6.20 Å². The lowest BCUT2D eigenvalue weighted by molar-refractivity contribution is 0.101. The van der Waals surface area contributed by atoms with E-state index in [-0.39, 0.29) is 23.3 Å². The maximum Gasteiger partial charge on any atom is 0.162 e. The second-order valence-electron chi connectivity index (χ2n) is 3.82. The predicted molar refractivity (Wildman–Crippen MR) is 54.5 cm³/mol. The summed E-state index contributed by atoms with van der Waals surface area (Å²) in [6.45, 7) is 1.47. The second-order valence-corrected chi connectivity index (χ2v) is 6.05. The molecule has 6 heteroatoms. The number of sulfone groups is 1. The smallest absolute Gasteiger partial charge is 0.162 e. The number of rotatable bonds is 2. The van der Waals surface area contributed by atoms with Crippen LogP contribution in [-0.4, -0.2) is 35.5 Å². The molecule has 0 bridgehead atoms. The van der Waals surface area contributed by atoms with Crippen LogP contribution in [0.5, 0.6) is 0 Å². The predicted octanol–water partition coefficient (Wildman–Crippen LogP) is 0.445. The van der Waals surface area contributed by atoms with E-state index in [2.05, 4.69) is 5.10 Å². The second kappa shape index (κ2) is 3.44. The first-order valence-corrected chi connectivity index (χ1v) is 6.55. The fraction of sp³-hybridized carbons (Fsp3) is 0.556. The molecule has 0 spiro atoms. The van der Waals surface area contributed by atoms with E-state index in [1.165, 1.54) is 13.1 Å². The molecule has 0 amide bonds. The molecule has 1 aliphatic rings. The average Bonchev–Trinajstić information content (AvgIpc) is 2.70. The first-order chi connectivity index (χ1) is 6.98. The molecule has 1 fully saturated rings. The Morgan fingerprint density at radius 2 is 2.33 bits per heavy atom. The van der Waals surface area contributed by atoms with E-state index < -0.39 is 9.84 Å². The van der Waals surface area contributed by atoms with Crippen molar-refractivity contribution in [1.29, 1.82) is 0 Å². The van der Waals surface area contributed by atoms with Gasteiger partial charge in [0.25, 0.3) is 0 Å². The Bertz CT molecular complexity index is 489. The summed E-state index contributed by atoms with van der Waals surface area (Å²) in [4.78, 5) is 11.0. The van der Waals surface area contributed by atoms with Crippen LogP contribution in [0.2, 0.25) is 0 Å². The Morgan fingerprint density at radius 3 is 2.80 bits per heavy atom. The zero-order chi connectivity index (χ0) is 11.1. The molecule has 2 heterocycles. The van der Waals surface area contributed by atoms with Crippen LogP contribution < -0.4 is 0 Å². The first kappa shape index (κ1) is 10.4. The lowest BCUT2D eigenvalue weighted by atomic mass is 10.2. The molecule has 2 rings (SSSR count). The Kier molecular flexibility index (Phi) is 2.38. The van der Waals surface area contributed by atoms with Crippen molar-refractivity contribution < 1.29 is 13.2 Å². The number of nitrogens with zero attached hydrogens (tertiary/aromatic N) is 2. The van der Waals surface area contributed by atoms with Gasteiger partial charge in [-0.05, 0) is 13.3 Å². The standard InChI is InChI=1S/C9H12N2O3S/c1-7(12)8-4-10-11(5-8)9-2-3-15(13,14)6-9/h4-5,9H,2-3,6H2,1H3. The highest BCUT2D eigenvalue weighted by Gasteiger charge is 2.29. The maximum atomic E-state index is 11.2. The third-order valence-corrected chi connectivity index (χ3v) is 4.34. The van der Waals surface area contributed by atoms with E-state index in [0.29, 0.717) is 12.0 Å². The summed E-state index contributed by atoms with van der Waals surface area (Å²) >= 11 is 0. The third-order valence-electron chi connectivity index (χ3n) is 2.59. The number of carbonyl (C=O) groups excluding carboxylic acids is 1. The van der Waals surface area contributed by atoms with E-state index in [1.807, 2.05) is 0 Å². The van der Waals surface area contributed by atoms with Crippen molar-refractivity contribution >= 4 is 15.6 Å². The maximum absolute atomic E-state index is 11.2. The van der Waals surface area contributed by atoms with Crippen molar-refractivity contribution in [2.24, 2.45) is 0 Å². The molecule has 1 unspecified atom stereocenters. The van der Waals surface area contributed by atoms with Crippen LogP contribution in [0.25, 0.3) is 0 Å². The van der Waals surface area contributed by atoms with Gasteiger partial charge in [0.2, 0.25) is 0 Å². The van der Waals surface area contributed by atoms with Gasteiger partial charge in [-0.2, -0.15) is 5.10 Å². The quantitative estimate of drug-likeness (QED) is 0.689. The van der Waals surface area contributed by atoms with Crippen LogP contribution in [0.15, 0.2) is 12.4 Å². The molecule has 0 radical (unpaired) electrons. The Hall–Kier alpha value is -1.17. The summed E-state index contributed by atoms with van der Waals surface area (Å²) in [5.41, 5.74) is 0.527. The molecular weight excluding hydrogens is 216 g/mol. The number of aromatic nitrogens is 2. The topological polar surface area (TPSA) is 69.0 Å². The Labute approximate surface area is 88.0 Å². The SMILES string of the molecule is CC(=O)c1cnn(C2CCS(=O)(=O)C2)c1. The molecule has 0 saturated carbocycles. The summed E-state index contributed by atoms with van der Waals surface area (Å²) in [6, 6.07) is -0.108. The zero-order valence-corrected chi connectivity index (χ0v) is 9.20. The molecule has 1 atom stereocenters. The van der Waals surface area contributed by atoms with E-state index in [0.717, 1.165) is 0 Å². The Morgan fingerprint density at radius 1 is 1.60 bits per heavy atom. The fourth-order valence-electron chi connectivity index (χ4n) is 1.70. The summed E-state index contributed by atoms with van der Waals surface area (Å²) < 4.78 is 24.1. The molecule has 82 valence electrons. The molecule has 1 saturated heterocycles. The Balaban J connectivity index is 2.21. The minimum absolute atomic E-state index is 0.0536. The molecule has 1 aromatic heterocycles. The van der Waals surface area contributed by atoms with Gasteiger partial charge in [-0.3, -0.25) is 9.48 Å². The summed E-state index contributed by atoms with van der Waals surface area (Å²) in [6.07, 6.45) is 3.68. The number of hydrogen-bond acceptors (Lipinski definition) is 4. The summed E-state index contributed by atoms with van der Waals surface area (Å²) in [5, 5.41) is 4.02. The summed E-state index contributed by atoms with van der Waals surface area (Å²) in [7, 11) is -2.90. The monoisotopic (exact) mass is 228 g/mol. The lowest BCUT2D eigenvalue weighted by Crippen LogP contribution is -2.11. The lowest BCUT2D eigenvalue weighted by Gasteiger charge is -2.06. The van der Waals surface area contributed by atoms with Crippen LogP contribution >= 0.6 is 0 Å². The number of ketones is 1. The minimum atomic E-state index is -2.90. The zero-order valence-electron chi connectivity index (χ0n) is 8.38. The van der Waals surface area contributed by atoms with Crippen molar-refractivity contribution in [2.45, 2.75) is 19.4 Å². The van der Waals surface area contributed by atoms with Gasteiger partial charge in [0.15, 0.2) is 15.6 Å². The van der Waals surface area contributed by atoms with Gasteiger partial charge in [-0.1, -0.05) is 0 Å². The van der Waals surface area contributed by atoms with Gasteiger partial charge in [0.05, 0.1) is 29.3 Å². The minimum Gasteiger partial charge on any atom is -0.294 e. The molecule has 0 aromatic carbocycles. The fourth-order valence-corrected chi connectivity index (χ4v) is 3.41. The van der Waals surface area contributed by atoms with Gasteiger partial charge >= 0.3 is 0 Å². The highest BCUT2D eigenvalue weighted by molar-refractivity contribution is 7.91. The van der Waals surface area contributed by atoms with E-state index in [1.54, 1.807) is 10.9 Å². The van der Waals surface area contributed by atoms with E-state index in [9.17, 15) is 13.2 Å². The van der Waals surface area contributed by atoms with Crippen LogP contribution in [0, 0.1) is 0 Å². The van der Waals surface area contributed by atoms with Crippen LogP contribution in [0.4, 0.5) is 0 Å². The van der Waals surface area contributed by atoms with Gasteiger partial charge in [0.1, 0.15) is 0 Å². The van der Waals surface area contributed by atoms with Crippen molar-refractivity contribution in [3.05, 3.63) is 18.0 Å². The average molecular weight is 228 g/mol. The van der Waals surface area contributed by atoms with Crippen molar-refractivity contribution in [1.82, 2.24) is 9.78 Å². The van der Waals surface area contributed by atoms with Crippen molar-refractivity contribution in [3.63, 3.8) is 0 Å². The molecule has 15 heavy (non-hydrogen) atoms. The first-order valence-electron chi connectivity index (χ1n) is 4.73. The van der Waals surface area contributed by atoms with Gasteiger partial charge < -0.3 is 0 Å². The highest BCUT2D eigenvalue weighted by Crippen LogP contribution is 2.22. The van der Waals surface area contributed by atoms with Crippen molar-refractivity contribution in [2.75, 3.05) is 11.5 Å². The largest absolute Gasteiger partial charge is 0.294 e. The number of carbonyl (C=O) groups is 1. The molecule has 0 N–H and O–H groups in total. The number of hydrogen-bond donors (Lipinski definition) is 0. The van der Waals surface area contributed by atoms with E-state index in [4.69, 9.17) is 0 Å². The van der Waals surface area contributed by atoms with Gasteiger partial charge in [-0.15, -0.1) is 0 Å². The van der Waals surface area contributed by atoms with E-state index >= 15 is 0 Å². The van der Waals surface area contributed by atoms with Gasteiger partial charge in [-0.25, -0.2) is 8.42 Å². The molecule has 1 aromatic rings. The molecule has 5 nitrogen and oxygen atoms in total. The molecular formula is C9H12N2O3S. The summed E-state index contributed by atoms with van der Waals surface area (Å²) in [5.74, 6) is 0.293. The van der Waals surface area contributed by atoms with Crippen LogP contribution in [0.3, 0.4) is 0 Å². The molecule has 1 aliphatic heterocycles. The van der Waals surface area contributed by atoms with Crippen LogP contribution in [0.1, 0.15) is 29.7 Å². The third kappa shape index (κ3) is 2.09. The molecule has 0 aliphatic carbocycles. The highest BCUT2D eigenvalue weighted by atomic mass is 32.2. The normalized spacial score (nSPS) is 24.2. The number of Topliss-reactive ketones (excluding diaryl/α,β-unsaturated/α-hetero) is 1. The van der Waals surface area contributed by atoms with Crippen molar-refractivity contribution in [3.8, 4) is 0 Å².